The van der Waals surface area contributed by atoms with Gasteiger partial charge in [-0.15, -0.1) is 0 Å². The predicted molar refractivity (Wildman–Crippen MR) is 88.2 cm³/mol. The smallest absolute Gasteiger partial charge is 0.125 e. The normalized spacial score (nSPS) is 16.1. The minimum atomic E-state index is -0.128. The summed E-state index contributed by atoms with van der Waals surface area (Å²) in [5.74, 6) is 0.643. The number of rotatable bonds is 7. The lowest BCUT2D eigenvalue weighted by Crippen LogP contribution is -2.27. The van der Waals surface area contributed by atoms with Gasteiger partial charge in [0.2, 0.25) is 0 Å². The minimum absolute atomic E-state index is 0.128. The zero-order valence-corrected chi connectivity index (χ0v) is 13.5. The Balaban J connectivity index is 1.96. The van der Waals surface area contributed by atoms with Crippen molar-refractivity contribution < 1.29 is 4.39 Å². The van der Waals surface area contributed by atoms with Crippen LogP contribution in [0.5, 0.6) is 0 Å². The highest BCUT2D eigenvalue weighted by Gasteiger charge is 2.16. The Morgan fingerprint density at radius 1 is 1.19 bits per heavy atom. The summed E-state index contributed by atoms with van der Waals surface area (Å²) in [6.45, 7) is 4.91. The van der Waals surface area contributed by atoms with Crippen molar-refractivity contribution in [1.29, 1.82) is 0 Å². The highest BCUT2D eigenvalue weighted by molar-refractivity contribution is 5.48. The Morgan fingerprint density at radius 3 is 2.67 bits per heavy atom. The number of benzene rings is 1. The first kappa shape index (κ1) is 16.3. The quantitative estimate of drug-likeness (QED) is 0.752. The molecular weight excluding hydrogens is 263 g/mol. The van der Waals surface area contributed by atoms with Gasteiger partial charge in [-0.3, -0.25) is 0 Å². The van der Waals surface area contributed by atoms with Gasteiger partial charge < -0.3 is 10.2 Å². The molecule has 2 rings (SSSR count). The molecule has 1 N–H and O–H groups in total. The van der Waals surface area contributed by atoms with Gasteiger partial charge >= 0.3 is 0 Å². The number of hydrogen-bond acceptors (Lipinski definition) is 2. The Kier molecular flexibility index (Phi) is 6.50. The molecule has 1 aliphatic carbocycles. The van der Waals surface area contributed by atoms with Crippen molar-refractivity contribution in [2.45, 2.75) is 52.0 Å². The molecule has 1 aromatic carbocycles. The van der Waals surface area contributed by atoms with E-state index in [1.54, 1.807) is 12.1 Å². The fourth-order valence-corrected chi connectivity index (χ4v) is 3.23. The zero-order valence-electron chi connectivity index (χ0n) is 13.5. The van der Waals surface area contributed by atoms with E-state index in [9.17, 15) is 4.39 Å². The Hall–Kier alpha value is -1.09. The summed E-state index contributed by atoms with van der Waals surface area (Å²) in [5.41, 5.74) is 2.04. The third-order valence-electron chi connectivity index (χ3n) is 4.40. The first-order valence-corrected chi connectivity index (χ1v) is 8.40. The molecule has 1 aromatic rings. The molecule has 0 saturated heterocycles. The fourth-order valence-electron chi connectivity index (χ4n) is 3.23. The van der Waals surface area contributed by atoms with Gasteiger partial charge in [-0.1, -0.05) is 26.2 Å². The van der Waals surface area contributed by atoms with E-state index < -0.39 is 0 Å². The van der Waals surface area contributed by atoms with Crippen LogP contribution in [-0.2, 0) is 6.54 Å². The van der Waals surface area contributed by atoms with Gasteiger partial charge in [0.25, 0.3) is 0 Å². The van der Waals surface area contributed by atoms with Gasteiger partial charge in [0.05, 0.1) is 0 Å². The predicted octanol–water partition coefficient (Wildman–Crippen LogP) is 4.34. The summed E-state index contributed by atoms with van der Waals surface area (Å²) < 4.78 is 13.8. The molecule has 0 bridgehead atoms. The van der Waals surface area contributed by atoms with Crippen LogP contribution in [0.15, 0.2) is 18.2 Å². The Bertz CT molecular complexity index is 427. The average Bonchev–Trinajstić information content (AvgIpc) is 2.48. The van der Waals surface area contributed by atoms with Gasteiger partial charge in [0, 0.05) is 25.8 Å². The van der Waals surface area contributed by atoms with E-state index in [-0.39, 0.29) is 5.82 Å². The first-order chi connectivity index (χ1) is 10.2. The average molecular weight is 292 g/mol. The lowest BCUT2D eigenvalue weighted by atomic mass is 9.89. The third kappa shape index (κ3) is 5.31. The van der Waals surface area contributed by atoms with E-state index in [1.807, 2.05) is 0 Å². The maximum Gasteiger partial charge on any atom is 0.125 e. The van der Waals surface area contributed by atoms with Crippen molar-refractivity contribution in [3.05, 3.63) is 29.6 Å². The lowest BCUT2D eigenvalue weighted by Gasteiger charge is -2.28. The zero-order chi connectivity index (χ0) is 15.1. The summed E-state index contributed by atoms with van der Waals surface area (Å²) in [6.07, 6.45) is 7.84. The molecule has 0 amide bonds. The van der Waals surface area contributed by atoms with Gasteiger partial charge in [-0.05, 0) is 55.5 Å². The van der Waals surface area contributed by atoms with Crippen LogP contribution in [-0.4, -0.2) is 20.1 Å². The molecule has 1 aliphatic rings. The van der Waals surface area contributed by atoms with Crippen molar-refractivity contribution >= 4 is 5.69 Å². The molecule has 0 aromatic heterocycles. The molecule has 0 radical (unpaired) electrons. The summed E-state index contributed by atoms with van der Waals surface area (Å²) in [5, 5.41) is 3.34. The van der Waals surface area contributed by atoms with Crippen LogP contribution in [0.1, 0.15) is 51.0 Å². The second kappa shape index (κ2) is 8.38. The fraction of sp³-hybridized carbons (Fsp3) is 0.667. The van der Waals surface area contributed by atoms with Crippen molar-refractivity contribution in [3.8, 4) is 0 Å². The molecule has 1 saturated carbocycles. The van der Waals surface area contributed by atoms with Crippen LogP contribution in [0.4, 0.5) is 10.1 Å². The molecule has 2 nitrogen and oxygen atoms in total. The van der Waals surface area contributed by atoms with E-state index >= 15 is 0 Å². The maximum atomic E-state index is 13.8. The van der Waals surface area contributed by atoms with Crippen LogP contribution in [0.3, 0.4) is 0 Å². The molecule has 0 aliphatic heterocycles. The summed E-state index contributed by atoms with van der Waals surface area (Å²) >= 11 is 0. The summed E-state index contributed by atoms with van der Waals surface area (Å²) in [6, 6.07) is 5.42. The Morgan fingerprint density at radius 2 is 1.95 bits per heavy atom. The molecule has 0 atom stereocenters. The third-order valence-corrected chi connectivity index (χ3v) is 4.40. The second-order valence-electron chi connectivity index (χ2n) is 6.38. The molecule has 0 spiro atoms. The van der Waals surface area contributed by atoms with Gasteiger partial charge in [-0.25, -0.2) is 4.39 Å². The number of hydrogen-bond donors (Lipinski definition) is 1. The molecular formula is C18H29FN2. The number of halogens is 1. The van der Waals surface area contributed by atoms with Crippen LogP contribution in [0.2, 0.25) is 0 Å². The molecule has 0 unspecified atom stereocenters. The molecule has 0 heterocycles. The SMILES string of the molecule is CCCNCc1cc(F)cc(N(C)CC2CCCCC2)c1. The van der Waals surface area contributed by atoms with Crippen molar-refractivity contribution in [1.82, 2.24) is 5.32 Å². The van der Waals surface area contributed by atoms with E-state index in [0.717, 1.165) is 43.2 Å². The molecule has 1 fully saturated rings. The van der Waals surface area contributed by atoms with Crippen LogP contribution in [0, 0.1) is 11.7 Å². The second-order valence-corrected chi connectivity index (χ2v) is 6.38. The van der Waals surface area contributed by atoms with Crippen molar-refractivity contribution in [2.75, 3.05) is 25.0 Å². The van der Waals surface area contributed by atoms with Crippen molar-refractivity contribution in [2.24, 2.45) is 5.92 Å². The number of nitrogens with one attached hydrogen (secondary N) is 1. The van der Waals surface area contributed by atoms with Gasteiger partial charge in [-0.2, -0.15) is 0 Å². The lowest BCUT2D eigenvalue weighted by molar-refractivity contribution is 0.362. The minimum Gasteiger partial charge on any atom is -0.374 e. The topological polar surface area (TPSA) is 15.3 Å². The van der Waals surface area contributed by atoms with Gasteiger partial charge in [0.1, 0.15) is 5.82 Å². The Labute approximate surface area is 128 Å². The van der Waals surface area contributed by atoms with Crippen LogP contribution < -0.4 is 10.2 Å². The van der Waals surface area contributed by atoms with Crippen LogP contribution in [0.25, 0.3) is 0 Å². The van der Waals surface area contributed by atoms with Crippen LogP contribution >= 0.6 is 0 Å². The molecule has 21 heavy (non-hydrogen) atoms. The van der Waals surface area contributed by atoms with Crippen molar-refractivity contribution in [3.63, 3.8) is 0 Å². The summed E-state index contributed by atoms with van der Waals surface area (Å²) in [7, 11) is 2.09. The van der Waals surface area contributed by atoms with E-state index in [1.165, 1.54) is 32.1 Å². The maximum absolute atomic E-state index is 13.8. The molecule has 3 heteroatoms. The highest BCUT2D eigenvalue weighted by Crippen LogP contribution is 2.26. The summed E-state index contributed by atoms with van der Waals surface area (Å²) in [4.78, 5) is 2.22. The number of nitrogens with zero attached hydrogens (tertiary/aromatic N) is 1. The largest absolute Gasteiger partial charge is 0.374 e. The van der Waals surface area contributed by atoms with Gasteiger partial charge in [0.15, 0.2) is 0 Å². The van der Waals surface area contributed by atoms with E-state index in [0.29, 0.717) is 0 Å². The standard InChI is InChI=1S/C18H29FN2/c1-3-9-20-13-16-10-17(19)12-18(11-16)21(2)14-15-7-5-4-6-8-15/h10-12,15,20H,3-9,13-14H2,1-2H3. The highest BCUT2D eigenvalue weighted by atomic mass is 19.1. The monoisotopic (exact) mass is 292 g/mol. The van der Waals surface area contributed by atoms with E-state index in [4.69, 9.17) is 0 Å². The molecule has 118 valence electrons. The van der Waals surface area contributed by atoms with E-state index in [2.05, 4.69) is 30.3 Å². The number of anilines is 1. The first-order valence-electron chi connectivity index (χ1n) is 8.40.